The molecule has 0 unspecified atom stereocenters. The number of thiophene rings is 1. The van der Waals surface area contributed by atoms with E-state index in [1.54, 1.807) is 24.5 Å². The molecule has 4 heteroatoms. The van der Waals surface area contributed by atoms with Crippen molar-refractivity contribution in [3.8, 4) is 5.75 Å². The molecule has 1 fully saturated rings. The molecule has 30 heavy (non-hydrogen) atoms. The molecule has 3 aromatic rings. The zero-order valence-electron chi connectivity index (χ0n) is 17.3. The van der Waals surface area contributed by atoms with Gasteiger partial charge in [0, 0.05) is 23.4 Å². The Bertz CT molecular complexity index is 1020. The van der Waals surface area contributed by atoms with Gasteiger partial charge in [0.25, 0.3) is 0 Å². The molecule has 0 spiro atoms. The summed E-state index contributed by atoms with van der Waals surface area (Å²) in [6, 6.07) is 20.5. The van der Waals surface area contributed by atoms with E-state index in [-0.39, 0.29) is 5.78 Å². The van der Waals surface area contributed by atoms with Gasteiger partial charge in [-0.1, -0.05) is 42.5 Å². The summed E-state index contributed by atoms with van der Waals surface area (Å²) in [5, 5.41) is 0. The first kappa shape index (κ1) is 20.6. The topological polar surface area (TPSA) is 29.5 Å². The summed E-state index contributed by atoms with van der Waals surface area (Å²) in [4.78, 5) is 17.1. The predicted octanol–water partition coefficient (Wildman–Crippen LogP) is 5.84. The van der Waals surface area contributed by atoms with Gasteiger partial charge in [0.2, 0.25) is 0 Å². The third kappa shape index (κ3) is 5.26. The van der Waals surface area contributed by atoms with Crippen LogP contribution in [0.25, 0.3) is 6.08 Å². The summed E-state index contributed by atoms with van der Waals surface area (Å²) >= 11 is 1.57. The van der Waals surface area contributed by atoms with E-state index in [0.717, 1.165) is 42.2 Å². The van der Waals surface area contributed by atoms with Gasteiger partial charge in [-0.25, -0.2) is 0 Å². The van der Waals surface area contributed by atoms with E-state index in [0.29, 0.717) is 0 Å². The van der Waals surface area contributed by atoms with E-state index in [9.17, 15) is 4.79 Å². The highest BCUT2D eigenvalue weighted by Crippen LogP contribution is 2.25. The maximum atomic E-state index is 12.7. The summed E-state index contributed by atoms with van der Waals surface area (Å²) < 4.78 is 5.54. The van der Waals surface area contributed by atoms with Crippen LogP contribution in [0.2, 0.25) is 0 Å². The lowest BCUT2D eigenvalue weighted by Crippen LogP contribution is -2.18. The molecular weight excluding hydrogens is 390 g/mol. The molecule has 154 valence electrons. The lowest BCUT2D eigenvalue weighted by molar-refractivity contribution is 0.105. The lowest BCUT2D eigenvalue weighted by Gasteiger charge is -2.17. The standard InChI is InChI=1S/C26H27NO2S/c1-29-25-13-10-21(17-22(25)19-27-15-5-6-16-27)9-12-24(28)26-14-11-23(30-26)18-20-7-3-2-4-8-20/h2-4,7-14,17H,5-6,15-16,18-19H2,1H3/b12-9+. The van der Waals surface area contributed by atoms with Gasteiger partial charge in [0.05, 0.1) is 12.0 Å². The molecule has 0 aliphatic carbocycles. The monoisotopic (exact) mass is 417 g/mol. The Hall–Kier alpha value is -2.69. The number of nitrogens with zero attached hydrogens (tertiary/aromatic N) is 1. The molecule has 0 radical (unpaired) electrons. The summed E-state index contributed by atoms with van der Waals surface area (Å²) in [5.41, 5.74) is 3.47. The first-order chi connectivity index (χ1) is 14.7. The van der Waals surface area contributed by atoms with Gasteiger partial charge in [-0.15, -0.1) is 11.3 Å². The molecular formula is C26H27NO2S. The van der Waals surface area contributed by atoms with Crippen molar-refractivity contribution in [2.75, 3.05) is 20.2 Å². The average molecular weight is 418 g/mol. The Morgan fingerprint density at radius 1 is 1.07 bits per heavy atom. The number of carbonyl (C=O) groups excluding carboxylic acids is 1. The predicted molar refractivity (Wildman–Crippen MR) is 124 cm³/mol. The summed E-state index contributed by atoms with van der Waals surface area (Å²) in [7, 11) is 1.71. The fraction of sp³-hybridized carbons (Fsp3) is 0.269. The molecule has 1 aliphatic heterocycles. The van der Waals surface area contributed by atoms with Crippen LogP contribution in [0.4, 0.5) is 0 Å². The largest absolute Gasteiger partial charge is 0.496 e. The number of ether oxygens (including phenoxy) is 1. The molecule has 0 bridgehead atoms. The highest BCUT2D eigenvalue weighted by Gasteiger charge is 2.14. The van der Waals surface area contributed by atoms with Gasteiger partial charge in [0.15, 0.2) is 5.78 Å². The van der Waals surface area contributed by atoms with Crippen LogP contribution in [0.5, 0.6) is 5.75 Å². The minimum absolute atomic E-state index is 0.0521. The van der Waals surface area contributed by atoms with Gasteiger partial charge in [-0.3, -0.25) is 9.69 Å². The minimum atomic E-state index is 0.0521. The number of hydrogen-bond acceptors (Lipinski definition) is 4. The van der Waals surface area contributed by atoms with Crippen molar-refractivity contribution in [1.29, 1.82) is 0 Å². The minimum Gasteiger partial charge on any atom is -0.496 e. The molecule has 0 atom stereocenters. The first-order valence-corrected chi connectivity index (χ1v) is 11.3. The Kier molecular flexibility index (Phi) is 6.77. The molecule has 2 heterocycles. The Morgan fingerprint density at radius 2 is 1.87 bits per heavy atom. The summed E-state index contributed by atoms with van der Waals surface area (Å²) in [6.45, 7) is 3.18. The summed E-state index contributed by atoms with van der Waals surface area (Å²) in [5.74, 6) is 0.963. The van der Waals surface area contributed by atoms with Crippen LogP contribution in [0, 0.1) is 0 Å². The smallest absolute Gasteiger partial charge is 0.195 e. The van der Waals surface area contributed by atoms with Crippen molar-refractivity contribution in [1.82, 2.24) is 4.90 Å². The fourth-order valence-electron chi connectivity index (χ4n) is 3.86. The molecule has 4 rings (SSSR count). The van der Waals surface area contributed by atoms with Crippen molar-refractivity contribution < 1.29 is 9.53 Å². The zero-order valence-corrected chi connectivity index (χ0v) is 18.2. The van der Waals surface area contributed by atoms with Gasteiger partial charge < -0.3 is 4.74 Å². The molecule has 0 amide bonds. The van der Waals surface area contributed by atoms with Crippen LogP contribution >= 0.6 is 11.3 Å². The van der Waals surface area contributed by atoms with Crippen molar-refractivity contribution in [3.05, 3.63) is 93.2 Å². The van der Waals surface area contributed by atoms with Gasteiger partial charge in [-0.2, -0.15) is 0 Å². The Morgan fingerprint density at radius 3 is 2.63 bits per heavy atom. The first-order valence-electron chi connectivity index (χ1n) is 10.5. The maximum absolute atomic E-state index is 12.7. The quantitative estimate of drug-likeness (QED) is 0.341. The van der Waals surface area contributed by atoms with Crippen LogP contribution in [0.3, 0.4) is 0 Å². The van der Waals surface area contributed by atoms with Crippen LogP contribution in [-0.2, 0) is 13.0 Å². The highest BCUT2D eigenvalue weighted by atomic mass is 32.1. The third-order valence-corrected chi connectivity index (χ3v) is 6.55. The second-order valence-corrected chi connectivity index (χ2v) is 8.85. The normalized spacial score (nSPS) is 14.4. The van der Waals surface area contributed by atoms with Gasteiger partial charge >= 0.3 is 0 Å². The number of ketones is 1. The Balaban J connectivity index is 1.43. The number of benzene rings is 2. The zero-order chi connectivity index (χ0) is 20.8. The fourth-order valence-corrected chi connectivity index (χ4v) is 4.83. The van der Waals surface area contributed by atoms with Crippen molar-refractivity contribution in [3.63, 3.8) is 0 Å². The van der Waals surface area contributed by atoms with Crippen LogP contribution in [0.1, 0.15) is 44.1 Å². The number of rotatable bonds is 8. The van der Waals surface area contributed by atoms with E-state index in [4.69, 9.17) is 4.74 Å². The molecule has 1 aliphatic rings. The number of methoxy groups -OCH3 is 1. The average Bonchev–Trinajstić information content (AvgIpc) is 3.45. The van der Waals surface area contributed by atoms with E-state index < -0.39 is 0 Å². The van der Waals surface area contributed by atoms with Gasteiger partial charge in [-0.05, 0) is 67.4 Å². The van der Waals surface area contributed by atoms with E-state index in [2.05, 4.69) is 29.2 Å². The van der Waals surface area contributed by atoms with E-state index >= 15 is 0 Å². The van der Waals surface area contributed by atoms with Crippen LogP contribution < -0.4 is 4.74 Å². The molecule has 1 aromatic heterocycles. The number of hydrogen-bond donors (Lipinski definition) is 0. The number of likely N-dealkylation sites (tertiary alicyclic amines) is 1. The molecule has 0 saturated carbocycles. The van der Waals surface area contributed by atoms with Crippen LogP contribution in [-0.4, -0.2) is 30.9 Å². The van der Waals surface area contributed by atoms with Crippen molar-refractivity contribution in [2.45, 2.75) is 25.8 Å². The van der Waals surface area contributed by atoms with E-state index in [1.165, 1.54) is 28.8 Å². The van der Waals surface area contributed by atoms with Gasteiger partial charge in [0.1, 0.15) is 5.75 Å². The number of carbonyl (C=O) groups is 1. The summed E-state index contributed by atoms with van der Waals surface area (Å²) in [6.07, 6.45) is 6.99. The molecule has 1 saturated heterocycles. The molecule has 2 aromatic carbocycles. The maximum Gasteiger partial charge on any atom is 0.195 e. The number of allylic oxidation sites excluding steroid dienone is 1. The Labute approximate surface area is 182 Å². The third-order valence-electron chi connectivity index (χ3n) is 5.45. The SMILES string of the molecule is COc1ccc(/C=C/C(=O)c2ccc(Cc3ccccc3)s2)cc1CN1CCCC1. The lowest BCUT2D eigenvalue weighted by atomic mass is 10.1. The second kappa shape index (κ2) is 9.88. The molecule has 3 nitrogen and oxygen atoms in total. The van der Waals surface area contributed by atoms with Crippen molar-refractivity contribution >= 4 is 23.2 Å². The highest BCUT2D eigenvalue weighted by molar-refractivity contribution is 7.14. The van der Waals surface area contributed by atoms with Crippen molar-refractivity contribution in [2.24, 2.45) is 0 Å². The second-order valence-electron chi connectivity index (χ2n) is 7.68. The molecule has 0 N–H and O–H groups in total. The van der Waals surface area contributed by atoms with Crippen LogP contribution in [0.15, 0.2) is 66.7 Å². The van der Waals surface area contributed by atoms with E-state index in [1.807, 2.05) is 42.5 Å².